The van der Waals surface area contributed by atoms with Crippen LogP contribution in [0.15, 0.2) is 64.0 Å². The lowest BCUT2D eigenvalue weighted by molar-refractivity contribution is -0.113. The molecular weight excluding hydrogens is 597 g/mol. The average molecular weight is 614 g/mol. The standard InChI is InChI=1S/C25H17BrCl3NO4S/c1-2-33-21-10-14(9-19(26)23(21)34-13-15-3-4-17(28)12-20(15)29)11-22-24(31)30(25(32)35-22)18-7-5-16(27)6-8-18/h3-12H,2,13H2,1H3/b22-11+. The van der Waals surface area contributed by atoms with Gasteiger partial charge >= 0.3 is 0 Å². The molecule has 0 spiro atoms. The maximum Gasteiger partial charge on any atom is 0.298 e. The SMILES string of the molecule is CCOc1cc(/C=C2/SC(=O)N(c3ccc(Cl)cc3)C2=O)cc(Br)c1OCc1ccc(Cl)cc1Cl. The van der Waals surface area contributed by atoms with Gasteiger partial charge in [0.2, 0.25) is 0 Å². The van der Waals surface area contributed by atoms with E-state index in [4.69, 9.17) is 44.3 Å². The number of amides is 2. The van der Waals surface area contributed by atoms with Gasteiger partial charge in [0.1, 0.15) is 6.61 Å². The third-order valence-electron chi connectivity index (χ3n) is 4.90. The Morgan fingerprint density at radius 2 is 1.69 bits per heavy atom. The van der Waals surface area contributed by atoms with Crippen LogP contribution < -0.4 is 14.4 Å². The van der Waals surface area contributed by atoms with E-state index in [-0.39, 0.29) is 11.8 Å². The number of rotatable bonds is 7. The van der Waals surface area contributed by atoms with Crippen LogP contribution in [0.25, 0.3) is 6.08 Å². The Balaban J connectivity index is 1.60. The first-order valence-corrected chi connectivity index (χ1v) is 13.1. The number of carbonyl (C=O) groups excluding carboxylic acids is 2. The molecule has 0 aliphatic carbocycles. The second-order valence-corrected chi connectivity index (χ2v) is 10.4. The van der Waals surface area contributed by atoms with Crippen LogP contribution in [0, 0.1) is 0 Å². The lowest BCUT2D eigenvalue weighted by Gasteiger charge is -2.15. The minimum Gasteiger partial charge on any atom is -0.490 e. The van der Waals surface area contributed by atoms with E-state index in [0.29, 0.717) is 53.8 Å². The Bertz CT molecular complexity index is 1330. The highest BCUT2D eigenvalue weighted by Gasteiger charge is 2.36. The van der Waals surface area contributed by atoms with Crippen molar-refractivity contribution >= 4 is 85.4 Å². The molecule has 4 rings (SSSR count). The van der Waals surface area contributed by atoms with Gasteiger partial charge in [-0.05, 0) is 94.8 Å². The lowest BCUT2D eigenvalue weighted by Crippen LogP contribution is -2.27. The van der Waals surface area contributed by atoms with Crippen molar-refractivity contribution in [3.8, 4) is 11.5 Å². The van der Waals surface area contributed by atoms with Gasteiger partial charge in [0.15, 0.2) is 11.5 Å². The number of imide groups is 1. The number of anilines is 1. The summed E-state index contributed by atoms with van der Waals surface area (Å²) in [4.78, 5) is 26.9. The highest BCUT2D eigenvalue weighted by Crippen LogP contribution is 2.41. The summed E-state index contributed by atoms with van der Waals surface area (Å²) in [5.74, 6) is 0.563. The maximum atomic E-state index is 13.0. The molecule has 5 nitrogen and oxygen atoms in total. The molecule has 1 aliphatic heterocycles. The fraction of sp³-hybridized carbons (Fsp3) is 0.120. The molecule has 1 saturated heterocycles. The van der Waals surface area contributed by atoms with E-state index in [1.54, 1.807) is 60.7 Å². The molecule has 3 aromatic carbocycles. The molecule has 0 unspecified atom stereocenters. The zero-order valence-corrected chi connectivity index (χ0v) is 22.9. The van der Waals surface area contributed by atoms with E-state index in [2.05, 4.69) is 15.9 Å². The molecule has 10 heteroatoms. The number of thioether (sulfide) groups is 1. The highest BCUT2D eigenvalue weighted by atomic mass is 79.9. The molecule has 1 aliphatic rings. The normalized spacial score (nSPS) is 14.7. The molecular formula is C25H17BrCl3NO4S. The fourth-order valence-corrected chi connectivity index (χ4v) is 5.30. The van der Waals surface area contributed by atoms with E-state index in [1.807, 2.05) is 6.92 Å². The Morgan fingerprint density at radius 3 is 2.37 bits per heavy atom. The van der Waals surface area contributed by atoms with Crippen molar-refractivity contribution in [1.82, 2.24) is 0 Å². The van der Waals surface area contributed by atoms with Crippen molar-refractivity contribution < 1.29 is 19.1 Å². The van der Waals surface area contributed by atoms with Crippen LogP contribution >= 0.6 is 62.5 Å². The fourth-order valence-electron chi connectivity index (χ4n) is 3.29. The first-order chi connectivity index (χ1) is 16.8. The highest BCUT2D eigenvalue weighted by molar-refractivity contribution is 9.10. The molecule has 0 bridgehead atoms. The van der Waals surface area contributed by atoms with Gasteiger partial charge in [-0.1, -0.05) is 40.9 Å². The predicted octanol–water partition coefficient (Wildman–Crippen LogP) is 8.63. The third-order valence-corrected chi connectivity index (χ3v) is 7.19. The van der Waals surface area contributed by atoms with E-state index in [9.17, 15) is 9.59 Å². The van der Waals surface area contributed by atoms with Gasteiger partial charge in [-0.25, -0.2) is 4.90 Å². The number of carbonyl (C=O) groups is 2. The van der Waals surface area contributed by atoms with E-state index in [1.165, 1.54) is 0 Å². The molecule has 0 aromatic heterocycles. The first-order valence-electron chi connectivity index (χ1n) is 10.3. The Labute approximate surface area is 230 Å². The number of halogens is 4. The summed E-state index contributed by atoms with van der Waals surface area (Å²) in [5, 5.41) is 1.18. The molecule has 35 heavy (non-hydrogen) atoms. The van der Waals surface area contributed by atoms with Crippen molar-refractivity contribution in [2.75, 3.05) is 11.5 Å². The quantitative estimate of drug-likeness (QED) is 0.250. The lowest BCUT2D eigenvalue weighted by atomic mass is 10.1. The molecule has 0 N–H and O–H groups in total. The van der Waals surface area contributed by atoms with Crippen LogP contribution in [0.1, 0.15) is 18.1 Å². The number of hydrogen-bond acceptors (Lipinski definition) is 5. The van der Waals surface area contributed by atoms with Gasteiger partial charge in [-0.3, -0.25) is 9.59 Å². The van der Waals surface area contributed by atoms with Crippen LogP contribution in [0.2, 0.25) is 15.1 Å². The van der Waals surface area contributed by atoms with Gasteiger partial charge in [-0.15, -0.1) is 0 Å². The summed E-state index contributed by atoms with van der Waals surface area (Å²) in [6, 6.07) is 15.3. The predicted molar refractivity (Wildman–Crippen MR) is 146 cm³/mol. The minimum atomic E-state index is -0.408. The molecule has 180 valence electrons. The minimum absolute atomic E-state index is 0.202. The largest absolute Gasteiger partial charge is 0.490 e. The number of hydrogen-bond donors (Lipinski definition) is 0. The molecule has 0 saturated carbocycles. The zero-order chi connectivity index (χ0) is 25.1. The summed E-state index contributed by atoms with van der Waals surface area (Å²) in [6.45, 7) is 2.47. The monoisotopic (exact) mass is 611 g/mol. The van der Waals surface area contributed by atoms with Gasteiger partial charge in [0, 0.05) is 20.6 Å². The second-order valence-electron chi connectivity index (χ2n) is 7.28. The molecule has 0 atom stereocenters. The molecule has 3 aromatic rings. The number of ether oxygens (including phenoxy) is 2. The third kappa shape index (κ3) is 5.98. The Morgan fingerprint density at radius 1 is 0.971 bits per heavy atom. The van der Waals surface area contributed by atoms with Crippen molar-refractivity contribution in [1.29, 1.82) is 0 Å². The van der Waals surface area contributed by atoms with Crippen molar-refractivity contribution in [3.05, 3.63) is 90.2 Å². The maximum absolute atomic E-state index is 13.0. The van der Waals surface area contributed by atoms with Crippen LogP contribution in [-0.4, -0.2) is 17.8 Å². The second kappa shape index (κ2) is 11.3. The summed E-state index contributed by atoms with van der Waals surface area (Å²) < 4.78 is 12.4. The van der Waals surface area contributed by atoms with Crippen LogP contribution in [-0.2, 0) is 11.4 Å². The molecule has 1 fully saturated rings. The summed E-state index contributed by atoms with van der Waals surface area (Å²) in [6.07, 6.45) is 1.65. The van der Waals surface area contributed by atoms with Crippen LogP contribution in [0.5, 0.6) is 11.5 Å². The van der Waals surface area contributed by atoms with E-state index >= 15 is 0 Å². The molecule has 2 amide bonds. The summed E-state index contributed by atoms with van der Waals surface area (Å²) in [7, 11) is 0. The van der Waals surface area contributed by atoms with Crippen molar-refractivity contribution in [3.63, 3.8) is 0 Å². The molecule has 1 heterocycles. The summed E-state index contributed by atoms with van der Waals surface area (Å²) in [5.41, 5.74) is 1.89. The average Bonchev–Trinajstić information content (AvgIpc) is 3.08. The Hall–Kier alpha value is -2.16. The van der Waals surface area contributed by atoms with Gasteiger partial charge in [0.05, 0.1) is 21.7 Å². The smallest absolute Gasteiger partial charge is 0.298 e. The van der Waals surface area contributed by atoms with Crippen molar-refractivity contribution in [2.45, 2.75) is 13.5 Å². The first kappa shape index (κ1) is 25.9. The van der Waals surface area contributed by atoms with Crippen LogP contribution in [0.3, 0.4) is 0 Å². The topological polar surface area (TPSA) is 55.8 Å². The van der Waals surface area contributed by atoms with Crippen LogP contribution in [0.4, 0.5) is 10.5 Å². The Kier molecular flexibility index (Phi) is 8.34. The van der Waals surface area contributed by atoms with E-state index < -0.39 is 5.91 Å². The zero-order valence-electron chi connectivity index (χ0n) is 18.2. The van der Waals surface area contributed by atoms with Gasteiger partial charge < -0.3 is 9.47 Å². The van der Waals surface area contributed by atoms with Gasteiger partial charge in [-0.2, -0.15) is 0 Å². The molecule has 0 radical (unpaired) electrons. The van der Waals surface area contributed by atoms with Gasteiger partial charge in [0.25, 0.3) is 11.1 Å². The summed E-state index contributed by atoms with van der Waals surface area (Å²) >= 11 is 22.6. The number of benzene rings is 3. The number of nitrogens with zero attached hydrogens (tertiary/aromatic N) is 1. The van der Waals surface area contributed by atoms with E-state index in [0.717, 1.165) is 22.2 Å². The van der Waals surface area contributed by atoms with Crippen molar-refractivity contribution in [2.24, 2.45) is 0 Å².